The zero-order valence-corrected chi connectivity index (χ0v) is 39.5. The van der Waals surface area contributed by atoms with Gasteiger partial charge in [0.2, 0.25) is 0 Å². The van der Waals surface area contributed by atoms with Crippen molar-refractivity contribution in [3.8, 4) is 91.1 Å². The highest BCUT2D eigenvalue weighted by Crippen LogP contribution is 2.42. The van der Waals surface area contributed by atoms with Gasteiger partial charge in [0.25, 0.3) is 0 Å². The van der Waals surface area contributed by atoms with Crippen LogP contribution in [0.4, 0.5) is 5.69 Å². The number of aromatic nitrogens is 5. The fraction of sp³-hybridized carbons (Fsp3) is 0. The van der Waals surface area contributed by atoms with Gasteiger partial charge >= 0.3 is 0 Å². The minimum Gasteiger partial charge on any atom is -0.309 e. The molecule has 0 aliphatic rings. The number of fused-ring (bicyclic) bond motifs is 6. The number of hydrogen-bond acceptors (Lipinski definition) is 5. The lowest BCUT2D eigenvalue weighted by atomic mass is 9.97. The van der Waals surface area contributed by atoms with Crippen molar-refractivity contribution >= 4 is 49.3 Å². The summed E-state index contributed by atoms with van der Waals surface area (Å²) in [7, 11) is 0. The van der Waals surface area contributed by atoms with E-state index in [-0.39, 0.29) is 0 Å². The van der Waals surface area contributed by atoms with Crippen LogP contribution in [0.2, 0.25) is 0 Å². The quantitative estimate of drug-likeness (QED) is 0.141. The molecule has 8 heteroatoms. The van der Waals surface area contributed by atoms with Gasteiger partial charge in [-0.3, -0.25) is 0 Å². The fourth-order valence-corrected chi connectivity index (χ4v) is 10.5. The summed E-state index contributed by atoms with van der Waals surface area (Å²) >= 11 is 0. The predicted molar refractivity (Wildman–Crippen MR) is 297 cm³/mol. The van der Waals surface area contributed by atoms with Gasteiger partial charge in [0, 0.05) is 38.2 Å². The summed E-state index contributed by atoms with van der Waals surface area (Å²) in [5.41, 5.74) is 14.9. The molecule has 0 bridgehead atoms. The molecule has 0 saturated carbocycles. The summed E-state index contributed by atoms with van der Waals surface area (Å²) in [6, 6.07) is 82.0. The van der Waals surface area contributed by atoms with Crippen molar-refractivity contribution in [3.05, 3.63) is 253 Å². The monoisotopic (exact) mass is 942 g/mol. The Morgan fingerprint density at radius 2 is 0.716 bits per heavy atom. The molecular weight excluding hydrogens is 905 g/mol. The molecule has 10 aromatic carbocycles. The first-order valence-electron chi connectivity index (χ1n) is 24.2. The molecule has 0 atom stereocenters. The first kappa shape index (κ1) is 43.3. The smallest absolute Gasteiger partial charge is 0.187 e. The van der Waals surface area contributed by atoms with Crippen molar-refractivity contribution in [1.82, 2.24) is 24.1 Å². The standard InChI is InChI=1S/C66H38N8/c1-69-49-20-14-18-45(37-49)47-32-34-63(74-60-29-10-6-24-53(60)54-25-7-11-30-61(54)74)57(39-47)66-71-64(55-26-3-2-21-50(55)48-19-13-16-43(36-48)41-68)70-65(72-66)56-38-46(44-17-12-15-42(35-44)40-67)31-33-62(56)73-58-27-8-4-22-51(58)52-23-5-9-28-59(52)73/h2-39H. The van der Waals surface area contributed by atoms with Gasteiger partial charge in [-0.25, -0.2) is 19.8 Å². The molecule has 0 radical (unpaired) electrons. The molecule has 8 nitrogen and oxygen atoms in total. The minimum atomic E-state index is 0.425. The molecule has 0 aliphatic heterocycles. The molecule has 0 saturated heterocycles. The van der Waals surface area contributed by atoms with E-state index in [9.17, 15) is 10.5 Å². The highest BCUT2D eigenvalue weighted by Gasteiger charge is 2.24. The third-order valence-electron chi connectivity index (χ3n) is 13.9. The largest absolute Gasteiger partial charge is 0.309 e. The molecule has 74 heavy (non-hydrogen) atoms. The van der Waals surface area contributed by atoms with Gasteiger partial charge in [0.15, 0.2) is 23.2 Å². The Balaban J connectivity index is 1.16. The minimum absolute atomic E-state index is 0.425. The number of benzene rings is 10. The molecule has 342 valence electrons. The van der Waals surface area contributed by atoms with Crippen LogP contribution >= 0.6 is 0 Å². The SMILES string of the molecule is [C-]#[N+]c1cccc(-c2ccc(-n3c4ccccc4c4ccccc43)c(-c3nc(-c4ccccc4-c4cccc(C#N)c4)nc(-c4cc(-c5cccc(C#N)c5)ccc4-n4c5ccccc5c5ccccc54)n3)c2)c1. The Morgan fingerprint density at radius 1 is 0.338 bits per heavy atom. The van der Waals surface area contributed by atoms with E-state index < -0.39 is 0 Å². The molecule has 3 heterocycles. The van der Waals surface area contributed by atoms with Crippen LogP contribution in [0.3, 0.4) is 0 Å². The topological polar surface area (TPSA) is 100 Å². The van der Waals surface area contributed by atoms with Crippen LogP contribution < -0.4 is 0 Å². The summed E-state index contributed by atoms with van der Waals surface area (Å²) in [6.07, 6.45) is 0. The average molecular weight is 943 g/mol. The molecule has 13 rings (SSSR count). The predicted octanol–water partition coefficient (Wildman–Crippen LogP) is 16.4. The Kier molecular flexibility index (Phi) is 10.5. The zero-order chi connectivity index (χ0) is 49.7. The number of nitriles is 2. The van der Waals surface area contributed by atoms with Crippen molar-refractivity contribution in [2.24, 2.45) is 0 Å². The van der Waals surface area contributed by atoms with E-state index in [0.717, 1.165) is 105 Å². The molecule has 0 N–H and O–H groups in total. The van der Waals surface area contributed by atoms with Gasteiger partial charge in [0.05, 0.1) is 63.3 Å². The van der Waals surface area contributed by atoms with Crippen LogP contribution in [-0.4, -0.2) is 24.1 Å². The second kappa shape index (κ2) is 17.9. The van der Waals surface area contributed by atoms with Crippen LogP contribution in [0.1, 0.15) is 11.1 Å². The molecule has 0 spiro atoms. The van der Waals surface area contributed by atoms with Gasteiger partial charge in [0.1, 0.15) is 0 Å². The lowest BCUT2D eigenvalue weighted by Gasteiger charge is -2.19. The maximum Gasteiger partial charge on any atom is 0.187 e. The van der Waals surface area contributed by atoms with Crippen molar-refractivity contribution in [2.45, 2.75) is 0 Å². The van der Waals surface area contributed by atoms with E-state index in [2.05, 4.69) is 160 Å². The van der Waals surface area contributed by atoms with Crippen LogP contribution in [0.25, 0.3) is 127 Å². The van der Waals surface area contributed by atoms with Gasteiger partial charge in [-0.05, 0) is 112 Å². The third-order valence-corrected chi connectivity index (χ3v) is 13.9. The lowest BCUT2D eigenvalue weighted by molar-refractivity contribution is 1.06. The van der Waals surface area contributed by atoms with E-state index in [4.69, 9.17) is 21.5 Å². The number of rotatable bonds is 8. The summed E-state index contributed by atoms with van der Waals surface area (Å²) in [5.74, 6) is 1.28. The molecule has 0 fully saturated rings. The van der Waals surface area contributed by atoms with Gasteiger partial charge in [-0.1, -0.05) is 152 Å². The summed E-state index contributed by atoms with van der Waals surface area (Å²) in [5, 5.41) is 24.5. The summed E-state index contributed by atoms with van der Waals surface area (Å²) in [6.45, 7) is 7.89. The van der Waals surface area contributed by atoms with Crippen molar-refractivity contribution in [2.75, 3.05) is 0 Å². The second-order valence-corrected chi connectivity index (χ2v) is 18.1. The van der Waals surface area contributed by atoms with Crippen molar-refractivity contribution in [3.63, 3.8) is 0 Å². The normalized spacial score (nSPS) is 11.2. The summed E-state index contributed by atoms with van der Waals surface area (Å²) in [4.78, 5) is 20.5. The van der Waals surface area contributed by atoms with Crippen LogP contribution in [0.15, 0.2) is 231 Å². The number of hydrogen-bond donors (Lipinski definition) is 0. The van der Waals surface area contributed by atoms with Crippen LogP contribution in [-0.2, 0) is 0 Å². The third kappa shape index (κ3) is 7.33. The maximum absolute atomic E-state index is 10.0. The van der Waals surface area contributed by atoms with E-state index in [1.54, 1.807) is 6.07 Å². The van der Waals surface area contributed by atoms with Crippen molar-refractivity contribution < 1.29 is 0 Å². The van der Waals surface area contributed by atoms with Gasteiger partial charge in [-0.2, -0.15) is 10.5 Å². The fourth-order valence-electron chi connectivity index (χ4n) is 10.5. The van der Waals surface area contributed by atoms with E-state index in [1.165, 1.54) is 0 Å². The highest BCUT2D eigenvalue weighted by atomic mass is 15.1. The average Bonchev–Trinajstić information content (AvgIpc) is 3.99. The molecular formula is C66H38N8. The molecule has 13 aromatic rings. The lowest BCUT2D eigenvalue weighted by Crippen LogP contribution is -2.06. The highest BCUT2D eigenvalue weighted by molar-refractivity contribution is 6.11. The number of para-hydroxylation sites is 4. The van der Waals surface area contributed by atoms with E-state index in [1.807, 2.05) is 91.0 Å². The molecule has 3 aromatic heterocycles. The Morgan fingerprint density at radius 3 is 1.19 bits per heavy atom. The molecule has 0 amide bonds. The Bertz CT molecular complexity index is 4210. The molecule has 0 unspecified atom stereocenters. The number of nitrogens with zero attached hydrogens (tertiary/aromatic N) is 8. The second-order valence-electron chi connectivity index (χ2n) is 18.1. The zero-order valence-electron chi connectivity index (χ0n) is 39.5. The van der Waals surface area contributed by atoms with Crippen LogP contribution in [0, 0.1) is 29.2 Å². The van der Waals surface area contributed by atoms with E-state index >= 15 is 0 Å². The maximum atomic E-state index is 10.0. The Labute approximate surface area is 426 Å². The van der Waals surface area contributed by atoms with E-state index in [0.29, 0.717) is 34.3 Å². The first-order chi connectivity index (χ1) is 36.5. The first-order valence-corrected chi connectivity index (χ1v) is 24.2. The van der Waals surface area contributed by atoms with Gasteiger partial charge < -0.3 is 9.13 Å². The van der Waals surface area contributed by atoms with Crippen molar-refractivity contribution in [1.29, 1.82) is 10.5 Å². The Hall–Kier alpha value is -10.7. The van der Waals surface area contributed by atoms with Gasteiger partial charge in [-0.15, -0.1) is 0 Å². The van der Waals surface area contributed by atoms with Crippen LogP contribution in [0.5, 0.6) is 0 Å². The molecule has 0 aliphatic carbocycles. The summed E-state index contributed by atoms with van der Waals surface area (Å²) < 4.78 is 4.57.